The van der Waals surface area contributed by atoms with Crippen molar-refractivity contribution < 1.29 is 9.47 Å². The third-order valence-electron chi connectivity index (χ3n) is 4.61. The van der Waals surface area contributed by atoms with Gasteiger partial charge in [-0.1, -0.05) is 0 Å². The Hall–Kier alpha value is -2.88. The number of benzene rings is 2. The first-order valence-electron chi connectivity index (χ1n) is 10.2. The lowest BCUT2D eigenvalue weighted by Crippen LogP contribution is -2.02. The Morgan fingerprint density at radius 2 is 1.53 bits per heavy atom. The third-order valence-corrected chi connectivity index (χ3v) is 5.64. The molecule has 0 aliphatic carbocycles. The van der Waals surface area contributed by atoms with E-state index in [1.807, 2.05) is 31.2 Å². The molecule has 3 rings (SSSR count). The van der Waals surface area contributed by atoms with Crippen LogP contribution in [-0.4, -0.2) is 24.7 Å². The van der Waals surface area contributed by atoms with Crippen molar-refractivity contribution in [2.45, 2.75) is 32.6 Å². The third kappa shape index (κ3) is 6.31. The fourth-order valence-electron chi connectivity index (χ4n) is 3.09. The first kappa shape index (κ1) is 21.8. The molecular formula is C24H27N3O2S. The minimum Gasteiger partial charge on any atom is -0.494 e. The molecule has 1 heterocycles. The summed E-state index contributed by atoms with van der Waals surface area (Å²) in [4.78, 5) is 5.90. The zero-order valence-electron chi connectivity index (χ0n) is 17.3. The largest absolute Gasteiger partial charge is 0.494 e. The summed E-state index contributed by atoms with van der Waals surface area (Å²) >= 11 is 1.72. The number of aromatic nitrogens is 1. The monoisotopic (exact) mass is 421 g/mol. The van der Waals surface area contributed by atoms with Gasteiger partial charge in [0.1, 0.15) is 11.5 Å². The van der Waals surface area contributed by atoms with Gasteiger partial charge in [-0.3, -0.25) is 0 Å². The highest BCUT2D eigenvalue weighted by Crippen LogP contribution is 2.29. The predicted octanol–water partition coefficient (Wildman–Crippen LogP) is 5.12. The Bertz CT molecular complexity index is 960. The van der Waals surface area contributed by atoms with Crippen LogP contribution in [0.25, 0.3) is 11.3 Å². The smallest absolute Gasteiger partial charge is 0.119 e. The van der Waals surface area contributed by atoms with Gasteiger partial charge in [-0.2, -0.15) is 5.26 Å². The van der Waals surface area contributed by atoms with E-state index in [2.05, 4.69) is 23.2 Å². The van der Waals surface area contributed by atoms with Gasteiger partial charge in [0.15, 0.2) is 0 Å². The van der Waals surface area contributed by atoms with E-state index in [1.54, 1.807) is 23.5 Å². The topological polar surface area (TPSA) is 81.2 Å². The molecular weight excluding hydrogens is 394 g/mol. The molecule has 1 aromatic heterocycles. The van der Waals surface area contributed by atoms with Crippen LogP contribution in [0, 0.1) is 18.3 Å². The average molecular weight is 422 g/mol. The number of nitriles is 1. The molecule has 0 aliphatic heterocycles. The molecule has 0 saturated carbocycles. The molecule has 5 nitrogen and oxygen atoms in total. The van der Waals surface area contributed by atoms with Crippen molar-refractivity contribution >= 4 is 11.3 Å². The quantitative estimate of drug-likeness (QED) is 0.435. The SMILES string of the molecule is Cc1nc(-c2ccc(OCCCCCOc3ccc(C#N)cc3)cc2)c(CCN)s1. The number of ether oxygens (including phenoxy) is 2. The van der Waals surface area contributed by atoms with Gasteiger partial charge in [0.2, 0.25) is 0 Å². The first-order valence-corrected chi connectivity index (χ1v) is 11.0. The standard InChI is InChI=1S/C24H27N3O2S/c1-18-27-24(23(30-18)13-14-25)20-7-11-22(12-8-20)29-16-4-2-3-15-28-21-9-5-19(17-26)6-10-21/h5-12H,2-4,13-16,25H2,1H3. The fourth-order valence-corrected chi connectivity index (χ4v) is 4.06. The minimum atomic E-state index is 0.633. The van der Waals surface area contributed by atoms with E-state index >= 15 is 0 Å². The lowest BCUT2D eigenvalue weighted by atomic mass is 10.1. The second kappa shape index (κ2) is 11.3. The number of unbranched alkanes of at least 4 members (excludes halogenated alkanes) is 2. The molecule has 0 radical (unpaired) electrons. The summed E-state index contributed by atoms with van der Waals surface area (Å²) < 4.78 is 11.6. The number of nitrogens with two attached hydrogens (primary N) is 1. The van der Waals surface area contributed by atoms with Crippen molar-refractivity contribution in [1.29, 1.82) is 5.26 Å². The molecule has 2 N–H and O–H groups in total. The van der Waals surface area contributed by atoms with Crippen LogP contribution in [0.3, 0.4) is 0 Å². The highest BCUT2D eigenvalue weighted by Gasteiger charge is 2.10. The summed E-state index contributed by atoms with van der Waals surface area (Å²) in [5, 5.41) is 9.86. The molecule has 0 spiro atoms. The number of aryl methyl sites for hydroxylation is 1. The van der Waals surface area contributed by atoms with Crippen molar-refractivity contribution in [3.8, 4) is 28.8 Å². The molecule has 0 bridgehead atoms. The number of hydrogen-bond acceptors (Lipinski definition) is 6. The Morgan fingerprint density at radius 1 is 0.933 bits per heavy atom. The van der Waals surface area contributed by atoms with Crippen LogP contribution in [0.15, 0.2) is 48.5 Å². The lowest BCUT2D eigenvalue weighted by molar-refractivity contribution is 0.279. The maximum Gasteiger partial charge on any atom is 0.119 e. The van der Waals surface area contributed by atoms with Gasteiger partial charge < -0.3 is 15.2 Å². The highest BCUT2D eigenvalue weighted by atomic mass is 32.1. The summed E-state index contributed by atoms with van der Waals surface area (Å²) in [5.74, 6) is 1.68. The van der Waals surface area contributed by atoms with Crippen LogP contribution < -0.4 is 15.2 Å². The van der Waals surface area contributed by atoms with E-state index in [1.165, 1.54) is 4.88 Å². The average Bonchev–Trinajstić information content (AvgIpc) is 3.14. The van der Waals surface area contributed by atoms with Gasteiger partial charge in [0, 0.05) is 10.4 Å². The lowest BCUT2D eigenvalue weighted by Gasteiger charge is -2.08. The number of hydrogen-bond donors (Lipinski definition) is 1. The van der Waals surface area contributed by atoms with Crippen LogP contribution in [-0.2, 0) is 6.42 Å². The van der Waals surface area contributed by atoms with Crippen LogP contribution in [0.2, 0.25) is 0 Å². The molecule has 0 aliphatic rings. The van der Waals surface area contributed by atoms with Crippen LogP contribution >= 0.6 is 11.3 Å². The van der Waals surface area contributed by atoms with Crippen molar-refractivity contribution in [2.24, 2.45) is 5.73 Å². The molecule has 0 unspecified atom stereocenters. The second-order valence-electron chi connectivity index (χ2n) is 6.96. The van der Waals surface area contributed by atoms with Crippen LogP contribution in [0.4, 0.5) is 0 Å². The maximum atomic E-state index is 8.80. The maximum absolute atomic E-state index is 8.80. The molecule has 2 aromatic carbocycles. The van der Waals surface area contributed by atoms with E-state index in [9.17, 15) is 0 Å². The molecule has 0 saturated heterocycles. The van der Waals surface area contributed by atoms with E-state index in [0.717, 1.165) is 53.4 Å². The summed E-state index contributed by atoms with van der Waals surface area (Å²) in [6, 6.07) is 17.4. The van der Waals surface area contributed by atoms with E-state index in [0.29, 0.717) is 25.3 Å². The van der Waals surface area contributed by atoms with Crippen LogP contribution in [0.1, 0.15) is 34.7 Å². The predicted molar refractivity (Wildman–Crippen MR) is 121 cm³/mol. The van der Waals surface area contributed by atoms with E-state index < -0.39 is 0 Å². The van der Waals surface area contributed by atoms with Gasteiger partial charge in [0.25, 0.3) is 0 Å². The molecule has 6 heteroatoms. The number of rotatable bonds is 11. The molecule has 0 amide bonds. The summed E-state index contributed by atoms with van der Waals surface area (Å²) in [6.45, 7) is 4.01. The van der Waals surface area contributed by atoms with Crippen molar-refractivity contribution in [3.05, 3.63) is 64.0 Å². The molecule has 156 valence electrons. The Morgan fingerprint density at radius 3 is 2.10 bits per heavy atom. The molecule has 3 aromatic rings. The summed E-state index contributed by atoms with van der Waals surface area (Å²) in [6.07, 6.45) is 3.84. The van der Waals surface area contributed by atoms with Crippen LogP contribution in [0.5, 0.6) is 11.5 Å². The minimum absolute atomic E-state index is 0.633. The Labute approximate surface area is 182 Å². The zero-order chi connectivity index (χ0) is 21.2. The zero-order valence-corrected chi connectivity index (χ0v) is 18.1. The normalized spacial score (nSPS) is 10.6. The molecule has 0 fully saturated rings. The Kier molecular flexibility index (Phi) is 8.25. The molecule has 0 atom stereocenters. The van der Waals surface area contributed by atoms with Crippen molar-refractivity contribution in [2.75, 3.05) is 19.8 Å². The first-order chi connectivity index (χ1) is 14.7. The fraction of sp³-hybridized carbons (Fsp3) is 0.333. The molecule has 30 heavy (non-hydrogen) atoms. The van der Waals surface area contributed by atoms with Crippen molar-refractivity contribution in [1.82, 2.24) is 4.98 Å². The van der Waals surface area contributed by atoms with Gasteiger partial charge in [0.05, 0.1) is 35.5 Å². The van der Waals surface area contributed by atoms with Gasteiger partial charge in [-0.25, -0.2) is 4.98 Å². The van der Waals surface area contributed by atoms with E-state index in [4.69, 9.17) is 20.5 Å². The highest BCUT2D eigenvalue weighted by molar-refractivity contribution is 7.12. The summed E-state index contributed by atoms with van der Waals surface area (Å²) in [5.41, 5.74) is 8.51. The Balaban J connectivity index is 1.36. The van der Waals surface area contributed by atoms with Gasteiger partial charge in [-0.05, 0) is 87.7 Å². The second-order valence-corrected chi connectivity index (χ2v) is 8.25. The number of thiazole rings is 1. The summed E-state index contributed by atoms with van der Waals surface area (Å²) in [7, 11) is 0. The van der Waals surface area contributed by atoms with E-state index in [-0.39, 0.29) is 0 Å². The van der Waals surface area contributed by atoms with Gasteiger partial charge in [-0.15, -0.1) is 11.3 Å². The number of nitrogens with zero attached hydrogens (tertiary/aromatic N) is 2. The van der Waals surface area contributed by atoms with Gasteiger partial charge >= 0.3 is 0 Å². The van der Waals surface area contributed by atoms with Crippen molar-refractivity contribution in [3.63, 3.8) is 0 Å².